The van der Waals surface area contributed by atoms with Crippen molar-refractivity contribution >= 4 is 28.4 Å². The second-order valence-corrected chi connectivity index (χ2v) is 7.23. The van der Waals surface area contributed by atoms with Gasteiger partial charge < -0.3 is 15.8 Å². The maximum absolute atomic E-state index is 13.1. The lowest BCUT2D eigenvalue weighted by atomic mass is 10.1. The van der Waals surface area contributed by atoms with Gasteiger partial charge >= 0.3 is 0 Å². The van der Waals surface area contributed by atoms with E-state index in [9.17, 15) is 9.59 Å². The molecule has 8 heteroatoms. The normalized spacial score (nSPS) is 16.4. The van der Waals surface area contributed by atoms with Gasteiger partial charge in [0.15, 0.2) is 0 Å². The number of hydrogen-bond acceptors (Lipinski definition) is 5. The Balaban J connectivity index is 1.87. The fraction of sp³-hybridized carbons (Fsp3) is 0.333. The van der Waals surface area contributed by atoms with Crippen molar-refractivity contribution in [3.05, 3.63) is 58.5 Å². The highest BCUT2D eigenvalue weighted by molar-refractivity contribution is 6.00. The quantitative estimate of drug-likeness (QED) is 0.384. The highest BCUT2D eigenvalue weighted by atomic mass is 16.5. The van der Waals surface area contributed by atoms with Crippen LogP contribution in [-0.4, -0.2) is 34.5 Å². The summed E-state index contributed by atoms with van der Waals surface area (Å²) in [6.07, 6.45) is 5.25. The Bertz CT molecular complexity index is 1180. The van der Waals surface area contributed by atoms with Gasteiger partial charge in [0.2, 0.25) is 11.5 Å². The molecule has 0 bridgehead atoms. The average Bonchev–Trinajstić information content (AvgIpc) is 3.23. The maximum atomic E-state index is 13.1. The van der Waals surface area contributed by atoms with E-state index in [0.29, 0.717) is 36.4 Å². The number of allylic oxidation sites excluding steroid dienone is 1. The van der Waals surface area contributed by atoms with Crippen molar-refractivity contribution in [2.24, 2.45) is 0 Å². The highest BCUT2D eigenvalue weighted by Gasteiger charge is 2.25. The monoisotopic (exact) mass is 394 g/mol. The number of aryl methyl sites for hydroxylation is 1. The predicted octanol–water partition coefficient (Wildman–Crippen LogP) is 1.12. The molecule has 3 N–H and O–H groups in total. The first-order chi connectivity index (χ1) is 14.0. The molecule has 1 fully saturated rings. The number of aromatic nitrogens is 3. The minimum absolute atomic E-state index is 0.0140. The summed E-state index contributed by atoms with van der Waals surface area (Å²) in [4.78, 5) is 30.7. The minimum Gasteiger partial charge on any atom is -0.376 e. The maximum Gasteiger partial charge on any atom is 0.278 e. The number of anilines is 1. The van der Waals surface area contributed by atoms with Crippen molar-refractivity contribution < 1.29 is 14.1 Å². The van der Waals surface area contributed by atoms with E-state index >= 15 is 0 Å². The van der Waals surface area contributed by atoms with Gasteiger partial charge in [-0.05, 0) is 31.9 Å². The molecule has 0 radical (unpaired) electrons. The van der Waals surface area contributed by atoms with Crippen LogP contribution in [0.4, 0.5) is 5.82 Å². The first-order valence-corrected chi connectivity index (χ1v) is 9.66. The molecule has 0 aliphatic carbocycles. The van der Waals surface area contributed by atoms with E-state index in [1.54, 1.807) is 22.9 Å². The standard InChI is InChI=1S/C21H23N5O3/c1-3-8-25-17(22)15(20(27)23-12-14-7-5-10-29-14)11-16-19(25)24-18-13(2)6-4-9-26(18)21(16)28/h3-4,6,9,11,14,22H,1,5,7-8,10,12H2,2H3,(H,23,27)/p+1/t14-/m0/s1. The van der Waals surface area contributed by atoms with Crippen molar-refractivity contribution in [1.82, 2.24) is 14.7 Å². The number of amides is 1. The molecule has 0 saturated carbocycles. The topological polar surface area (TPSA) is 103 Å². The van der Waals surface area contributed by atoms with Gasteiger partial charge in [-0.3, -0.25) is 14.0 Å². The highest BCUT2D eigenvalue weighted by Crippen LogP contribution is 2.16. The van der Waals surface area contributed by atoms with Crippen molar-refractivity contribution in [3.63, 3.8) is 0 Å². The molecule has 0 aromatic carbocycles. The van der Waals surface area contributed by atoms with Gasteiger partial charge in [0, 0.05) is 24.9 Å². The Morgan fingerprint density at radius 2 is 2.38 bits per heavy atom. The van der Waals surface area contributed by atoms with Crippen LogP contribution in [0.1, 0.15) is 28.8 Å². The van der Waals surface area contributed by atoms with Crippen molar-refractivity contribution in [2.45, 2.75) is 32.4 Å². The molecular weight excluding hydrogens is 370 g/mol. The lowest BCUT2D eigenvalue weighted by molar-refractivity contribution is -0.648. The first kappa shape index (κ1) is 19.1. The third kappa shape index (κ3) is 3.36. The smallest absolute Gasteiger partial charge is 0.278 e. The van der Waals surface area contributed by atoms with E-state index in [-0.39, 0.29) is 29.0 Å². The third-order valence-electron chi connectivity index (χ3n) is 5.25. The molecule has 1 amide bonds. The zero-order chi connectivity index (χ0) is 20.5. The Labute approximate surface area is 167 Å². The molecule has 0 spiro atoms. The molecule has 3 aromatic rings. The number of pyridine rings is 2. The summed E-state index contributed by atoms with van der Waals surface area (Å²) in [6, 6.07) is 5.21. The Morgan fingerprint density at radius 1 is 1.55 bits per heavy atom. The molecule has 8 nitrogen and oxygen atoms in total. The summed E-state index contributed by atoms with van der Waals surface area (Å²) in [5.74, 6) is -0.0986. The summed E-state index contributed by atoms with van der Waals surface area (Å²) in [5.41, 5.74) is 8.17. The number of rotatable bonds is 5. The van der Waals surface area contributed by atoms with Crippen LogP contribution in [0.15, 0.2) is 41.8 Å². The van der Waals surface area contributed by atoms with Crippen molar-refractivity contribution in [1.29, 1.82) is 0 Å². The lowest BCUT2D eigenvalue weighted by Crippen LogP contribution is -2.43. The second kappa shape index (κ2) is 7.63. The van der Waals surface area contributed by atoms with Gasteiger partial charge in [-0.1, -0.05) is 23.7 Å². The number of carbonyl (C=O) groups is 1. The van der Waals surface area contributed by atoms with Gasteiger partial charge in [0.25, 0.3) is 17.1 Å². The van der Waals surface area contributed by atoms with Crippen LogP contribution in [0.5, 0.6) is 0 Å². The molecule has 4 rings (SSSR count). The molecule has 29 heavy (non-hydrogen) atoms. The van der Waals surface area contributed by atoms with Crippen molar-refractivity contribution in [2.75, 3.05) is 18.9 Å². The number of fused-ring (bicyclic) bond motifs is 2. The van der Waals surface area contributed by atoms with E-state index in [1.165, 1.54) is 10.5 Å². The number of ether oxygens (including phenoxy) is 1. The zero-order valence-corrected chi connectivity index (χ0v) is 16.4. The molecule has 1 saturated heterocycles. The van der Waals surface area contributed by atoms with Gasteiger partial charge in [-0.25, -0.2) is 4.57 Å². The number of nitrogens with one attached hydrogen (secondary N) is 1. The van der Waals surface area contributed by atoms with E-state index in [2.05, 4.69) is 16.9 Å². The molecule has 1 atom stereocenters. The van der Waals surface area contributed by atoms with Gasteiger partial charge in [0.1, 0.15) is 10.9 Å². The molecule has 1 aliphatic heterocycles. The van der Waals surface area contributed by atoms with Gasteiger partial charge in [0.05, 0.1) is 12.6 Å². The fourth-order valence-corrected chi connectivity index (χ4v) is 3.71. The van der Waals surface area contributed by atoms with Crippen LogP contribution in [0.25, 0.3) is 16.7 Å². The molecular formula is C21H24N5O3+. The van der Waals surface area contributed by atoms with Crippen LogP contribution in [0.3, 0.4) is 0 Å². The van der Waals surface area contributed by atoms with Crippen LogP contribution in [0, 0.1) is 6.92 Å². The number of nitrogens with two attached hydrogens (primary N) is 1. The number of nitrogen functional groups attached to an aromatic ring is 1. The molecule has 1 aliphatic rings. The third-order valence-corrected chi connectivity index (χ3v) is 5.25. The van der Waals surface area contributed by atoms with Gasteiger partial charge in [-0.15, -0.1) is 0 Å². The number of hydrogen-bond donors (Lipinski definition) is 2. The van der Waals surface area contributed by atoms with Crippen LogP contribution in [-0.2, 0) is 11.3 Å². The first-order valence-electron chi connectivity index (χ1n) is 9.66. The summed E-state index contributed by atoms with van der Waals surface area (Å²) in [5, 5.41) is 3.19. The number of nitrogens with zero attached hydrogens (tertiary/aromatic N) is 3. The van der Waals surface area contributed by atoms with Crippen LogP contribution in [0.2, 0.25) is 0 Å². The zero-order valence-electron chi connectivity index (χ0n) is 16.4. The fourth-order valence-electron chi connectivity index (χ4n) is 3.71. The second-order valence-electron chi connectivity index (χ2n) is 7.23. The van der Waals surface area contributed by atoms with E-state index in [4.69, 9.17) is 10.5 Å². The molecule has 0 unspecified atom stereocenters. The molecule has 150 valence electrons. The summed E-state index contributed by atoms with van der Waals surface area (Å²) in [6.45, 7) is 7.10. The van der Waals surface area contributed by atoms with E-state index < -0.39 is 0 Å². The summed E-state index contributed by atoms with van der Waals surface area (Å²) in [7, 11) is 0. The summed E-state index contributed by atoms with van der Waals surface area (Å²) < 4.78 is 8.69. The van der Waals surface area contributed by atoms with Crippen LogP contribution >= 0.6 is 0 Å². The minimum atomic E-state index is -0.341. The Kier molecular flexibility index (Phi) is 5.02. The average molecular weight is 394 g/mol. The van der Waals surface area contributed by atoms with E-state index in [1.807, 2.05) is 13.0 Å². The molecule has 3 aromatic heterocycles. The summed E-state index contributed by atoms with van der Waals surface area (Å²) >= 11 is 0. The van der Waals surface area contributed by atoms with Crippen LogP contribution < -0.4 is 21.2 Å². The SMILES string of the molecule is C=CC[n+]1c(N)c(C(=O)NC[C@@H]2CCCO2)cc2c(=O)n3cccc(C)c3nc21. The van der Waals surface area contributed by atoms with Gasteiger partial charge in [-0.2, -0.15) is 0 Å². The Morgan fingerprint density at radius 3 is 3.10 bits per heavy atom. The van der Waals surface area contributed by atoms with E-state index in [0.717, 1.165) is 18.4 Å². The van der Waals surface area contributed by atoms with Crippen molar-refractivity contribution in [3.8, 4) is 0 Å². The Hall–Kier alpha value is -3.26. The lowest BCUT2D eigenvalue weighted by Gasteiger charge is -2.13. The predicted molar refractivity (Wildman–Crippen MR) is 110 cm³/mol. The number of carbonyl (C=O) groups excluding carboxylic acids is 1. The molecule has 4 heterocycles. The largest absolute Gasteiger partial charge is 0.376 e.